The van der Waals surface area contributed by atoms with Gasteiger partial charge in [-0.25, -0.2) is 0 Å². The largest absolute Gasteiger partial charge is 0.436 e. The number of aliphatic hydroxyl groups excluding tert-OH is 1. The molecular weight excluding hydrogens is 156 g/mol. The second kappa shape index (κ2) is 3.05. The van der Waals surface area contributed by atoms with Gasteiger partial charge >= 0.3 is 5.97 Å². The molecular formula is C9H16O3. The first-order valence-corrected chi connectivity index (χ1v) is 4.40. The summed E-state index contributed by atoms with van der Waals surface area (Å²) in [6, 6.07) is 0. The van der Waals surface area contributed by atoms with Crippen molar-refractivity contribution in [2.45, 2.75) is 39.9 Å². The number of ether oxygens (including phenoxy) is 1. The Balaban J connectivity index is 2.77. The molecule has 0 aliphatic carbocycles. The summed E-state index contributed by atoms with van der Waals surface area (Å²) < 4.78 is 4.72. The molecule has 1 saturated heterocycles. The van der Waals surface area contributed by atoms with E-state index in [1.165, 1.54) is 0 Å². The second-order valence-corrected chi connectivity index (χ2v) is 3.79. The molecule has 0 radical (unpaired) electrons. The number of aliphatic hydroxyl groups is 1. The number of cyclic esters (lactones) is 1. The van der Waals surface area contributed by atoms with Crippen LogP contribution >= 0.6 is 0 Å². The summed E-state index contributed by atoms with van der Waals surface area (Å²) in [5.74, 6) is 0.00602. The fourth-order valence-corrected chi connectivity index (χ4v) is 1.60. The summed E-state index contributed by atoms with van der Waals surface area (Å²) in [5.41, 5.74) is -0.478. The molecule has 0 spiro atoms. The Morgan fingerprint density at radius 2 is 2.42 bits per heavy atom. The average Bonchev–Trinajstić information content (AvgIpc) is 2.26. The molecule has 1 aliphatic rings. The fourth-order valence-electron chi connectivity index (χ4n) is 1.60. The van der Waals surface area contributed by atoms with E-state index in [0.717, 1.165) is 6.42 Å². The lowest BCUT2D eigenvalue weighted by atomic mass is 9.75. The first-order valence-electron chi connectivity index (χ1n) is 4.40. The number of hydrogen-bond acceptors (Lipinski definition) is 3. The van der Waals surface area contributed by atoms with Crippen molar-refractivity contribution >= 4 is 5.97 Å². The summed E-state index contributed by atoms with van der Waals surface area (Å²) in [6.45, 7) is 5.91. The predicted octanol–water partition coefficient (Wildman–Crippen LogP) is 1.30. The highest BCUT2D eigenvalue weighted by Crippen LogP contribution is 2.40. The lowest BCUT2D eigenvalue weighted by Gasteiger charge is -2.25. The van der Waals surface area contributed by atoms with Crippen LogP contribution in [0.15, 0.2) is 0 Å². The van der Waals surface area contributed by atoms with Crippen LogP contribution in [0.2, 0.25) is 0 Å². The first kappa shape index (κ1) is 9.52. The topological polar surface area (TPSA) is 46.5 Å². The molecule has 0 amide bonds. The van der Waals surface area contributed by atoms with Gasteiger partial charge in [0.25, 0.3) is 0 Å². The molecule has 3 atom stereocenters. The third kappa shape index (κ3) is 1.33. The maximum absolute atomic E-state index is 11.3. The summed E-state index contributed by atoms with van der Waals surface area (Å²) in [4.78, 5) is 11.3. The van der Waals surface area contributed by atoms with Crippen molar-refractivity contribution in [2.24, 2.45) is 11.3 Å². The molecule has 1 aliphatic heterocycles. The predicted molar refractivity (Wildman–Crippen MR) is 44.3 cm³/mol. The van der Waals surface area contributed by atoms with Crippen molar-refractivity contribution in [1.29, 1.82) is 0 Å². The van der Waals surface area contributed by atoms with Gasteiger partial charge in [0.1, 0.15) is 0 Å². The van der Waals surface area contributed by atoms with E-state index in [9.17, 15) is 4.79 Å². The van der Waals surface area contributed by atoms with Crippen molar-refractivity contribution in [3.8, 4) is 0 Å². The van der Waals surface area contributed by atoms with E-state index in [1.54, 1.807) is 0 Å². The molecule has 70 valence electrons. The molecule has 1 heterocycles. The number of carbonyl (C=O) groups is 1. The minimum Gasteiger partial charge on any atom is -0.436 e. The van der Waals surface area contributed by atoms with Crippen LogP contribution in [0.5, 0.6) is 0 Å². The zero-order valence-corrected chi connectivity index (χ0v) is 7.83. The van der Waals surface area contributed by atoms with Gasteiger partial charge in [0.15, 0.2) is 0 Å². The van der Waals surface area contributed by atoms with Gasteiger partial charge in [-0.2, -0.15) is 0 Å². The zero-order chi connectivity index (χ0) is 9.35. The van der Waals surface area contributed by atoms with Gasteiger partial charge in [-0.1, -0.05) is 20.3 Å². The number of rotatable bonds is 2. The Bertz CT molecular complexity index is 190. The lowest BCUT2D eigenvalue weighted by Crippen LogP contribution is -2.29. The van der Waals surface area contributed by atoms with Crippen LogP contribution in [-0.2, 0) is 9.53 Å². The standard InChI is InChI=1S/C9H16O3/c1-4-6(2)9(3)5-7(10)12-8(9)11/h6-7,10H,4-5H2,1-3H3. The van der Waals surface area contributed by atoms with Crippen LogP contribution in [0.3, 0.4) is 0 Å². The third-order valence-corrected chi connectivity index (χ3v) is 3.01. The molecule has 1 N–H and O–H groups in total. The minimum atomic E-state index is -0.892. The minimum absolute atomic E-state index is 0.260. The molecule has 3 heteroatoms. The van der Waals surface area contributed by atoms with Gasteiger partial charge in [-0.05, 0) is 12.8 Å². The second-order valence-electron chi connectivity index (χ2n) is 3.79. The molecule has 1 rings (SSSR count). The van der Waals surface area contributed by atoms with E-state index in [2.05, 4.69) is 0 Å². The van der Waals surface area contributed by atoms with Crippen LogP contribution in [0.25, 0.3) is 0 Å². The van der Waals surface area contributed by atoms with Crippen LogP contribution in [0, 0.1) is 11.3 Å². The van der Waals surface area contributed by atoms with Crippen molar-refractivity contribution in [1.82, 2.24) is 0 Å². The van der Waals surface area contributed by atoms with Gasteiger partial charge in [-0.3, -0.25) is 4.79 Å². The normalized spacial score (nSPS) is 38.0. The van der Waals surface area contributed by atoms with Crippen molar-refractivity contribution < 1.29 is 14.6 Å². The van der Waals surface area contributed by atoms with Gasteiger partial charge in [0.2, 0.25) is 6.29 Å². The first-order chi connectivity index (χ1) is 5.50. The van der Waals surface area contributed by atoms with Crippen molar-refractivity contribution in [2.75, 3.05) is 0 Å². The highest BCUT2D eigenvalue weighted by atomic mass is 16.6. The van der Waals surface area contributed by atoms with E-state index in [4.69, 9.17) is 9.84 Å². The highest BCUT2D eigenvalue weighted by molar-refractivity contribution is 5.78. The summed E-state index contributed by atoms with van der Waals surface area (Å²) in [5, 5.41) is 9.14. The smallest absolute Gasteiger partial charge is 0.314 e. The third-order valence-electron chi connectivity index (χ3n) is 3.01. The molecule has 3 nitrogen and oxygen atoms in total. The molecule has 0 aromatic carbocycles. The van der Waals surface area contributed by atoms with Crippen LogP contribution in [0.1, 0.15) is 33.6 Å². The lowest BCUT2D eigenvalue weighted by molar-refractivity contribution is -0.159. The van der Waals surface area contributed by atoms with E-state index < -0.39 is 11.7 Å². The van der Waals surface area contributed by atoms with Gasteiger partial charge in [0, 0.05) is 6.42 Å². The van der Waals surface area contributed by atoms with Crippen LogP contribution in [0.4, 0.5) is 0 Å². The van der Waals surface area contributed by atoms with E-state index in [-0.39, 0.29) is 11.9 Å². The fraction of sp³-hybridized carbons (Fsp3) is 0.889. The zero-order valence-electron chi connectivity index (χ0n) is 7.83. The Morgan fingerprint density at radius 3 is 2.75 bits per heavy atom. The number of esters is 1. The van der Waals surface area contributed by atoms with E-state index in [1.807, 2.05) is 20.8 Å². The van der Waals surface area contributed by atoms with Crippen LogP contribution in [-0.4, -0.2) is 17.4 Å². The maximum Gasteiger partial charge on any atom is 0.314 e. The highest BCUT2D eigenvalue weighted by Gasteiger charge is 2.47. The Morgan fingerprint density at radius 1 is 1.83 bits per heavy atom. The van der Waals surface area contributed by atoms with E-state index in [0.29, 0.717) is 6.42 Å². The van der Waals surface area contributed by atoms with Crippen molar-refractivity contribution in [3.05, 3.63) is 0 Å². The summed E-state index contributed by atoms with van der Waals surface area (Å²) >= 11 is 0. The average molecular weight is 172 g/mol. The molecule has 12 heavy (non-hydrogen) atoms. The number of hydrogen-bond donors (Lipinski definition) is 1. The quantitative estimate of drug-likeness (QED) is 0.639. The van der Waals surface area contributed by atoms with E-state index >= 15 is 0 Å². The van der Waals surface area contributed by atoms with Gasteiger partial charge in [-0.15, -0.1) is 0 Å². The Kier molecular flexibility index (Phi) is 2.42. The Labute approximate surface area is 72.7 Å². The maximum atomic E-state index is 11.3. The number of carbonyl (C=O) groups excluding carboxylic acids is 1. The van der Waals surface area contributed by atoms with Crippen molar-refractivity contribution in [3.63, 3.8) is 0 Å². The summed E-state index contributed by atoms with van der Waals surface area (Å²) in [7, 11) is 0. The van der Waals surface area contributed by atoms with Crippen LogP contribution < -0.4 is 0 Å². The molecule has 1 fully saturated rings. The monoisotopic (exact) mass is 172 g/mol. The van der Waals surface area contributed by atoms with Gasteiger partial charge < -0.3 is 9.84 Å². The summed E-state index contributed by atoms with van der Waals surface area (Å²) in [6.07, 6.45) is 0.468. The molecule has 0 bridgehead atoms. The molecule has 0 aromatic heterocycles. The molecule has 3 unspecified atom stereocenters. The molecule has 0 saturated carbocycles. The van der Waals surface area contributed by atoms with Gasteiger partial charge in [0.05, 0.1) is 5.41 Å². The SMILES string of the molecule is CCC(C)C1(C)CC(O)OC1=O. The molecule has 0 aromatic rings. The Hall–Kier alpha value is -0.570.